The molecule has 0 spiro atoms. The summed E-state index contributed by atoms with van der Waals surface area (Å²) in [5, 5.41) is 0. The van der Waals surface area contributed by atoms with E-state index in [4.69, 9.17) is 0 Å². The molecule has 0 aromatic rings. The van der Waals surface area contributed by atoms with Crippen molar-refractivity contribution >= 4 is 6.29 Å². The zero-order chi connectivity index (χ0) is 8.15. The number of hydrogen-bond donors (Lipinski definition) is 0. The summed E-state index contributed by atoms with van der Waals surface area (Å²) in [7, 11) is 0. The molecular weight excluding hydrogens is 131 g/mol. The van der Waals surface area contributed by atoms with Crippen molar-refractivity contribution in [3.8, 4) is 0 Å². The molecule has 0 bridgehead atoms. The van der Waals surface area contributed by atoms with Gasteiger partial charge in [-0.25, -0.2) is 4.39 Å². The van der Waals surface area contributed by atoms with Crippen LogP contribution < -0.4 is 0 Å². The van der Waals surface area contributed by atoms with Crippen molar-refractivity contribution in [3.05, 3.63) is 0 Å². The second-order valence-electron chi connectivity index (χ2n) is 3.11. The number of carbonyl (C=O) groups excluding carboxylic acids is 1. The summed E-state index contributed by atoms with van der Waals surface area (Å²) in [6, 6.07) is 0. The van der Waals surface area contributed by atoms with E-state index in [1.54, 1.807) is 0 Å². The minimum Gasteiger partial charge on any atom is -0.303 e. The maximum absolute atomic E-state index is 12.5. The quantitative estimate of drug-likeness (QED) is 0.556. The molecule has 0 aliphatic rings. The Morgan fingerprint density at radius 2 is 1.90 bits per heavy atom. The second kappa shape index (κ2) is 4.42. The summed E-state index contributed by atoms with van der Waals surface area (Å²) in [5.41, 5.74) is 0. The largest absolute Gasteiger partial charge is 0.303 e. The van der Waals surface area contributed by atoms with Gasteiger partial charge in [-0.2, -0.15) is 0 Å². The van der Waals surface area contributed by atoms with Crippen LogP contribution in [0.4, 0.5) is 4.39 Å². The van der Waals surface area contributed by atoms with Gasteiger partial charge in [0.1, 0.15) is 12.5 Å². The average molecular weight is 146 g/mol. The molecule has 0 radical (unpaired) electrons. The number of hydrogen-bond acceptors (Lipinski definition) is 1. The first kappa shape index (κ1) is 9.60. The Labute approximate surface area is 61.6 Å². The molecule has 2 unspecified atom stereocenters. The summed E-state index contributed by atoms with van der Waals surface area (Å²) in [6.07, 6.45) is 0.367. The van der Waals surface area contributed by atoms with E-state index in [9.17, 15) is 9.18 Å². The third-order valence-electron chi connectivity index (χ3n) is 1.51. The van der Waals surface area contributed by atoms with Crippen molar-refractivity contribution in [1.29, 1.82) is 0 Å². The lowest BCUT2D eigenvalue weighted by Crippen LogP contribution is -2.16. The molecule has 0 amide bonds. The molecule has 0 saturated carbocycles. The van der Waals surface area contributed by atoms with Crippen molar-refractivity contribution in [3.63, 3.8) is 0 Å². The average Bonchev–Trinajstić information content (AvgIpc) is 1.81. The predicted octanol–water partition coefficient (Wildman–Crippen LogP) is 2.21. The minimum absolute atomic E-state index is 0.397. The maximum Gasteiger partial charge on any atom is 0.125 e. The van der Waals surface area contributed by atoms with Crippen LogP contribution in [0.5, 0.6) is 0 Å². The van der Waals surface area contributed by atoms with Crippen LogP contribution in [0.3, 0.4) is 0 Å². The van der Waals surface area contributed by atoms with Crippen LogP contribution in [0.1, 0.15) is 27.2 Å². The van der Waals surface area contributed by atoms with Gasteiger partial charge in [0, 0.05) is 5.92 Å². The van der Waals surface area contributed by atoms with E-state index >= 15 is 0 Å². The lowest BCUT2D eigenvalue weighted by Gasteiger charge is -2.12. The van der Waals surface area contributed by atoms with Crippen LogP contribution in [0, 0.1) is 11.8 Å². The fourth-order valence-electron chi connectivity index (χ4n) is 0.896. The van der Waals surface area contributed by atoms with Gasteiger partial charge in [-0.3, -0.25) is 0 Å². The van der Waals surface area contributed by atoms with Gasteiger partial charge in [0.15, 0.2) is 0 Å². The molecule has 60 valence electrons. The Morgan fingerprint density at radius 1 is 1.40 bits per heavy atom. The van der Waals surface area contributed by atoms with Crippen LogP contribution >= 0.6 is 0 Å². The van der Waals surface area contributed by atoms with Gasteiger partial charge in [0.2, 0.25) is 0 Å². The molecule has 0 aromatic carbocycles. The van der Waals surface area contributed by atoms with E-state index in [1.807, 2.05) is 13.8 Å². The van der Waals surface area contributed by atoms with Crippen molar-refractivity contribution in [1.82, 2.24) is 0 Å². The zero-order valence-electron chi connectivity index (χ0n) is 6.80. The summed E-state index contributed by atoms with van der Waals surface area (Å²) < 4.78 is 12.5. The highest BCUT2D eigenvalue weighted by atomic mass is 19.1. The number of alkyl halides is 1. The SMILES string of the molecule is CC(C)CC(C=O)C(C)F. The number of aldehydes is 1. The standard InChI is InChI=1S/C8H15FO/c1-6(2)4-8(5-10)7(3)9/h5-8H,4H2,1-3H3. The highest BCUT2D eigenvalue weighted by molar-refractivity contribution is 5.54. The Hall–Kier alpha value is -0.400. The van der Waals surface area contributed by atoms with E-state index < -0.39 is 12.1 Å². The lowest BCUT2D eigenvalue weighted by atomic mass is 9.95. The first-order valence-corrected chi connectivity index (χ1v) is 3.67. The summed E-state index contributed by atoms with van der Waals surface area (Å²) in [4.78, 5) is 10.2. The molecule has 0 fully saturated rings. The van der Waals surface area contributed by atoms with Gasteiger partial charge in [-0.15, -0.1) is 0 Å². The third-order valence-corrected chi connectivity index (χ3v) is 1.51. The van der Waals surface area contributed by atoms with E-state index in [0.717, 1.165) is 0 Å². The van der Waals surface area contributed by atoms with Gasteiger partial charge in [-0.1, -0.05) is 13.8 Å². The fraction of sp³-hybridized carbons (Fsp3) is 0.875. The number of rotatable bonds is 4. The summed E-state index contributed by atoms with van der Waals surface area (Å²) >= 11 is 0. The Bertz CT molecular complexity index is 99.4. The molecular formula is C8H15FO. The van der Waals surface area contributed by atoms with Gasteiger partial charge >= 0.3 is 0 Å². The molecule has 0 rings (SSSR count). The molecule has 0 aliphatic heterocycles. The Kier molecular flexibility index (Phi) is 4.24. The van der Waals surface area contributed by atoms with E-state index in [2.05, 4.69) is 0 Å². The van der Waals surface area contributed by atoms with Crippen LogP contribution in [0.2, 0.25) is 0 Å². The van der Waals surface area contributed by atoms with Crippen LogP contribution in [0.25, 0.3) is 0 Å². The molecule has 0 heterocycles. The first-order valence-electron chi connectivity index (χ1n) is 3.67. The van der Waals surface area contributed by atoms with Crippen LogP contribution in [-0.2, 0) is 4.79 Å². The molecule has 10 heavy (non-hydrogen) atoms. The minimum atomic E-state index is -1.00. The lowest BCUT2D eigenvalue weighted by molar-refractivity contribution is -0.113. The van der Waals surface area contributed by atoms with Crippen LogP contribution in [0.15, 0.2) is 0 Å². The Morgan fingerprint density at radius 3 is 2.00 bits per heavy atom. The topological polar surface area (TPSA) is 17.1 Å². The fourth-order valence-corrected chi connectivity index (χ4v) is 0.896. The van der Waals surface area contributed by atoms with Crippen molar-refractivity contribution in [2.45, 2.75) is 33.4 Å². The van der Waals surface area contributed by atoms with E-state index in [0.29, 0.717) is 18.6 Å². The predicted molar refractivity (Wildman–Crippen MR) is 39.6 cm³/mol. The Balaban J connectivity index is 3.71. The zero-order valence-corrected chi connectivity index (χ0v) is 6.80. The highest BCUT2D eigenvalue weighted by Gasteiger charge is 2.16. The molecule has 0 saturated heterocycles. The van der Waals surface area contributed by atoms with E-state index in [-0.39, 0.29) is 0 Å². The van der Waals surface area contributed by atoms with Crippen molar-refractivity contribution in [2.75, 3.05) is 0 Å². The van der Waals surface area contributed by atoms with Crippen molar-refractivity contribution in [2.24, 2.45) is 11.8 Å². The maximum atomic E-state index is 12.5. The molecule has 0 aliphatic carbocycles. The molecule has 0 N–H and O–H groups in total. The molecule has 2 atom stereocenters. The highest BCUT2D eigenvalue weighted by Crippen LogP contribution is 2.15. The van der Waals surface area contributed by atoms with Gasteiger partial charge in [0.05, 0.1) is 0 Å². The van der Waals surface area contributed by atoms with Gasteiger partial charge < -0.3 is 4.79 Å². The monoisotopic (exact) mass is 146 g/mol. The molecule has 1 nitrogen and oxygen atoms in total. The first-order chi connectivity index (χ1) is 4.57. The third kappa shape index (κ3) is 3.59. The van der Waals surface area contributed by atoms with Crippen LogP contribution in [-0.4, -0.2) is 12.5 Å². The second-order valence-corrected chi connectivity index (χ2v) is 3.11. The number of halogens is 1. The summed E-state index contributed by atoms with van der Waals surface area (Å²) in [5.74, 6) is -0.00611. The summed E-state index contributed by atoms with van der Waals surface area (Å²) in [6.45, 7) is 5.40. The molecule has 2 heteroatoms. The van der Waals surface area contributed by atoms with Gasteiger partial charge in [0.25, 0.3) is 0 Å². The molecule has 0 aromatic heterocycles. The normalized spacial score (nSPS) is 16.9. The number of carbonyl (C=O) groups is 1. The van der Waals surface area contributed by atoms with Crippen molar-refractivity contribution < 1.29 is 9.18 Å². The van der Waals surface area contributed by atoms with E-state index in [1.165, 1.54) is 6.92 Å². The smallest absolute Gasteiger partial charge is 0.125 e. The van der Waals surface area contributed by atoms with Gasteiger partial charge in [-0.05, 0) is 19.3 Å².